The molecule has 0 amide bonds. The van der Waals surface area contributed by atoms with Crippen LogP contribution < -0.4 is 5.73 Å². The summed E-state index contributed by atoms with van der Waals surface area (Å²) in [6, 6.07) is 10.6. The topological polar surface area (TPSA) is 54.7 Å². The van der Waals surface area contributed by atoms with E-state index in [1.54, 1.807) is 0 Å². The average molecular weight is 257 g/mol. The van der Waals surface area contributed by atoms with Crippen LogP contribution in [-0.2, 0) is 19.3 Å². The van der Waals surface area contributed by atoms with E-state index in [1.807, 2.05) is 0 Å². The minimum atomic E-state index is 0.556. The summed E-state index contributed by atoms with van der Waals surface area (Å²) in [6.07, 6.45) is 6.66. The average Bonchev–Trinajstić information content (AvgIpc) is 2.78. The Balaban J connectivity index is 1.88. The van der Waals surface area contributed by atoms with Crippen LogP contribution in [0.1, 0.15) is 43.1 Å². The quantitative estimate of drug-likeness (QED) is 0.797. The van der Waals surface area contributed by atoms with Crippen LogP contribution in [0.5, 0.6) is 0 Å². The maximum atomic E-state index is 5.77. The molecule has 0 saturated carbocycles. The highest BCUT2D eigenvalue weighted by Gasteiger charge is 2.07. The second-order valence-corrected chi connectivity index (χ2v) is 4.99. The van der Waals surface area contributed by atoms with Gasteiger partial charge < -0.3 is 10.7 Å². The van der Waals surface area contributed by atoms with Crippen molar-refractivity contribution in [3.63, 3.8) is 0 Å². The summed E-state index contributed by atoms with van der Waals surface area (Å²) in [4.78, 5) is 7.60. The number of anilines is 1. The molecule has 3 nitrogen and oxygen atoms in total. The van der Waals surface area contributed by atoms with Crippen LogP contribution in [0.3, 0.4) is 0 Å². The third kappa shape index (κ3) is 4.12. The van der Waals surface area contributed by atoms with E-state index in [0.717, 1.165) is 31.4 Å². The summed E-state index contributed by atoms with van der Waals surface area (Å²) in [7, 11) is 0. The first kappa shape index (κ1) is 13.7. The molecule has 0 atom stereocenters. The smallest absolute Gasteiger partial charge is 0.197 e. The van der Waals surface area contributed by atoms with E-state index in [2.05, 4.69) is 47.2 Å². The minimum Gasteiger partial charge on any atom is -0.369 e. The number of aromatic amines is 1. The Bertz CT molecular complexity index is 488. The summed E-state index contributed by atoms with van der Waals surface area (Å²) in [5, 5.41) is 0. The number of nitrogens with two attached hydrogens (primary N) is 1. The molecule has 1 aromatic heterocycles. The van der Waals surface area contributed by atoms with Crippen molar-refractivity contribution in [2.75, 3.05) is 5.73 Å². The Morgan fingerprint density at radius 3 is 2.58 bits per heavy atom. The summed E-state index contributed by atoms with van der Waals surface area (Å²) in [5.41, 5.74) is 9.54. The number of nitrogens with zero attached hydrogens (tertiary/aromatic N) is 1. The van der Waals surface area contributed by atoms with Gasteiger partial charge in [-0.25, -0.2) is 4.98 Å². The molecule has 0 radical (unpaired) electrons. The molecule has 1 aromatic carbocycles. The molecule has 0 unspecified atom stereocenters. The molecule has 0 fully saturated rings. The SMILES string of the molecule is CCCCc1nc(N)[nH]c1CCCc1ccccc1. The number of nitrogens with one attached hydrogen (secondary N) is 1. The van der Waals surface area contributed by atoms with Crippen molar-refractivity contribution in [1.82, 2.24) is 9.97 Å². The summed E-state index contributed by atoms with van der Waals surface area (Å²) >= 11 is 0. The lowest BCUT2D eigenvalue weighted by Gasteiger charge is -2.03. The van der Waals surface area contributed by atoms with Gasteiger partial charge in [-0.3, -0.25) is 0 Å². The number of rotatable bonds is 7. The molecule has 0 aliphatic carbocycles. The Morgan fingerprint density at radius 2 is 1.84 bits per heavy atom. The predicted molar refractivity (Wildman–Crippen MR) is 80.1 cm³/mol. The lowest BCUT2D eigenvalue weighted by molar-refractivity contribution is 0.749. The van der Waals surface area contributed by atoms with Crippen molar-refractivity contribution in [3.05, 3.63) is 47.3 Å². The zero-order valence-electron chi connectivity index (χ0n) is 11.7. The lowest BCUT2D eigenvalue weighted by Crippen LogP contribution is -1.96. The van der Waals surface area contributed by atoms with Crippen LogP contribution in [0, 0.1) is 0 Å². The third-order valence-corrected chi connectivity index (χ3v) is 3.38. The highest BCUT2D eigenvalue weighted by molar-refractivity contribution is 5.26. The van der Waals surface area contributed by atoms with Gasteiger partial charge in [0.2, 0.25) is 0 Å². The normalized spacial score (nSPS) is 10.8. The molecule has 0 bridgehead atoms. The molecule has 0 aliphatic rings. The maximum Gasteiger partial charge on any atom is 0.197 e. The Labute approximate surface area is 115 Å². The number of aryl methyl sites for hydroxylation is 3. The summed E-state index contributed by atoms with van der Waals surface area (Å²) in [6.45, 7) is 2.20. The second-order valence-electron chi connectivity index (χ2n) is 4.99. The van der Waals surface area contributed by atoms with E-state index in [4.69, 9.17) is 5.73 Å². The largest absolute Gasteiger partial charge is 0.369 e. The van der Waals surface area contributed by atoms with E-state index in [9.17, 15) is 0 Å². The monoisotopic (exact) mass is 257 g/mol. The zero-order chi connectivity index (χ0) is 13.5. The van der Waals surface area contributed by atoms with Gasteiger partial charge in [0.1, 0.15) is 0 Å². The van der Waals surface area contributed by atoms with Gasteiger partial charge in [0, 0.05) is 5.69 Å². The van der Waals surface area contributed by atoms with Crippen LogP contribution in [0.4, 0.5) is 5.95 Å². The van der Waals surface area contributed by atoms with Gasteiger partial charge in [-0.15, -0.1) is 0 Å². The number of benzene rings is 1. The van der Waals surface area contributed by atoms with Crippen molar-refractivity contribution in [3.8, 4) is 0 Å². The van der Waals surface area contributed by atoms with Crippen LogP contribution in [0.2, 0.25) is 0 Å². The Kier molecular flexibility index (Phi) is 5.01. The van der Waals surface area contributed by atoms with E-state index in [1.165, 1.54) is 24.1 Å². The predicted octanol–water partition coefficient (Wildman–Crippen LogP) is 3.51. The molecule has 3 heteroatoms. The van der Waals surface area contributed by atoms with Crippen molar-refractivity contribution in [1.29, 1.82) is 0 Å². The van der Waals surface area contributed by atoms with Gasteiger partial charge in [0.05, 0.1) is 5.69 Å². The lowest BCUT2D eigenvalue weighted by atomic mass is 10.1. The molecule has 3 N–H and O–H groups in total. The second kappa shape index (κ2) is 6.98. The first-order chi connectivity index (χ1) is 9.29. The van der Waals surface area contributed by atoms with Crippen LogP contribution in [0.25, 0.3) is 0 Å². The van der Waals surface area contributed by atoms with Gasteiger partial charge in [-0.2, -0.15) is 0 Å². The minimum absolute atomic E-state index is 0.556. The van der Waals surface area contributed by atoms with Crippen molar-refractivity contribution < 1.29 is 0 Å². The number of unbranched alkanes of at least 4 members (excludes halogenated alkanes) is 1. The number of imidazole rings is 1. The van der Waals surface area contributed by atoms with Gasteiger partial charge in [0.25, 0.3) is 0 Å². The standard InChI is InChI=1S/C16H23N3/c1-2-3-11-14-15(19-16(17)18-14)12-7-10-13-8-5-4-6-9-13/h4-6,8-9H,2-3,7,10-12H2,1H3,(H3,17,18,19). The number of nitrogen functional groups attached to an aromatic ring is 1. The fourth-order valence-corrected chi connectivity index (χ4v) is 2.34. The highest BCUT2D eigenvalue weighted by Crippen LogP contribution is 2.14. The molecule has 2 rings (SSSR count). The van der Waals surface area contributed by atoms with Crippen LogP contribution >= 0.6 is 0 Å². The Hall–Kier alpha value is -1.77. The molecular weight excluding hydrogens is 234 g/mol. The Morgan fingerprint density at radius 1 is 1.05 bits per heavy atom. The number of hydrogen-bond acceptors (Lipinski definition) is 2. The molecular formula is C16H23N3. The van der Waals surface area contributed by atoms with Gasteiger partial charge >= 0.3 is 0 Å². The fraction of sp³-hybridized carbons (Fsp3) is 0.438. The summed E-state index contributed by atoms with van der Waals surface area (Å²) in [5.74, 6) is 0.556. The molecule has 102 valence electrons. The van der Waals surface area contributed by atoms with Gasteiger partial charge in [0.15, 0.2) is 5.95 Å². The number of H-pyrrole nitrogens is 1. The van der Waals surface area contributed by atoms with E-state index in [0.29, 0.717) is 5.95 Å². The zero-order valence-corrected chi connectivity index (χ0v) is 11.7. The number of aromatic nitrogens is 2. The first-order valence-corrected chi connectivity index (χ1v) is 7.16. The molecule has 0 aliphatic heterocycles. The molecule has 0 spiro atoms. The van der Waals surface area contributed by atoms with Gasteiger partial charge in [-0.05, 0) is 37.7 Å². The third-order valence-electron chi connectivity index (χ3n) is 3.38. The van der Waals surface area contributed by atoms with Crippen LogP contribution in [-0.4, -0.2) is 9.97 Å². The molecule has 2 aromatic rings. The van der Waals surface area contributed by atoms with E-state index >= 15 is 0 Å². The highest BCUT2D eigenvalue weighted by atomic mass is 15.0. The number of hydrogen-bond donors (Lipinski definition) is 2. The van der Waals surface area contributed by atoms with E-state index in [-0.39, 0.29) is 0 Å². The van der Waals surface area contributed by atoms with Crippen molar-refractivity contribution in [2.45, 2.75) is 45.4 Å². The van der Waals surface area contributed by atoms with Crippen molar-refractivity contribution >= 4 is 5.95 Å². The molecule has 19 heavy (non-hydrogen) atoms. The molecule has 0 saturated heterocycles. The van der Waals surface area contributed by atoms with Crippen molar-refractivity contribution in [2.24, 2.45) is 0 Å². The van der Waals surface area contributed by atoms with Crippen LogP contribution in [0.15, 0.2) is 30.3 Å². The molecule has 1 heterocycles. The summed E-state index contributed by atoms with van der Waals surface area (Å²) < 4.78 is 0. The fourth-order valence-electron chi connectivity index (χ4n) is 2.34. The first-order valence-electron chi connectivity index (χ1n) is 7.16. The van der Waals surface area contributed by atoms with E-state index < -0.39 is 0 Å². The van der Waals surface area contributed by atoms with Gasteiger partial charge in [-0.1, -0.05) is 43.7 Å². The maximum absolute atomic E-state index is 5.77.